The Kier molecular flexibility index (Phi) is 11.6. The van der Waals surface area contributed by atoms with Gasteiger partial charge in [0.15, 0.2) is 12.4 Å². The normalized spacial score (nSPS) is 28.9. The molecule has 0 aromatic heterocycles. The van der Waals surface area contributed by atoms with Crippen molar-refractivity contribution >= 4 is 30.8 Å². The van der Waals surface area contributed by atoms with E-state index in [0.717, 1.165) is 22.1 Å². The number of rotatable bonds is 10. The van der Waals surface area contributed by atoms with Gasteiger partial charge in [-0.15, -0.1) is 0 Å². The minimum absolute atomic E-state index is 0.0545. The van der Waals surface area contributed by atoms with E-state index in [2.05, 4.69) is 30.5 Å². The predicted molar refractivity (Wildman–Crippen MR) is 197 cm³/mol. The van der Waals surface area contributed by atoms with E-state index in [1.165, 1.54) is 0 Å². The number of carbonyl (C=O) groups excluding carboxylic acids is 2. The predicted octanol–water partition coefficient (Wildman–Crippen LogP) is 1.84. The highest BCUT2D eigenvalue weighted by atomic mass is 28.3. The summed E-state index contributed by atoms with van der Waals surface area (Å²) in [6.07, 6.45) is -9.01. The summed E-state index contributed by atoms with van der Waals surface area (Å²) in [6.45, 7) is 6.77. The fraction of sp³-hybridized carbons (Fsp3) is 0.487. The van der Waals surface area contributed by atoms with Crippen LogP contribution in [0.25, 0.3) is 0 Å². The second-order valence-corrected chi connectivity index (χ2v) is 19.6. The number of hydrogen-bond acceptors (Lipinski definition) is 11. The molecule has 0 radical (unpaired) electrons. The lowest BCUT2D eigenvalue weighted by Gasteiger charge is -2.46. The zero-order valence-electron chi connectivity index (χ0n) is 30.6. The first-order valence-electron chi connectivity index (χ1n) is 17.9. The molecule has 286 valence electrons. The van der Waals surface area contributed by atoms with Gasteiger partial charge < -0.3 is 54.7 Å². The molecule has 0 bridgehead atoms. The molecule has 1 saturated heterocycles. The number of aliphatic hydroxyl groups excluding tert-OH is 5. The van der Waals surface area contributed by atoms with Gasteiger partial charge in [0.1, 0.15) is 35.9 Å². The summed E-state index contributed by atoms with van der Waals surface area (Å²) < 4.78 is 23.5. The molecule has 53 heavy (non-hydrogen) atoms. The largest absolute Gasteiger partial charge is 0.497 e. The highest BCUT2D eigenvalue weighted by molar-refractivity contribution is 6.91. The average Bonchev–Trinajstić information content (AvgIpc) is 3.16. The van der Waals surface area contributed by atoms with Gasteiger partial charge in [-0.25, -0.2) is 0 Å². The van der Waals surface area contributed by atoms with E-state index in [0.29, 0.717) is 30.0 Å². The monoisotopic (exact) mass is 750 g/mol. The topological polar surface area (TPSA) is 187 Å². The molecular weight excluding hydrogens is 701 g/mol. The summed E-state index contributed by atoms with van der Waals surface area (Å²) in [5, 5.41) is 54.4. The Morgan fingerprint density at radius 1 is 0.962 bits per heavy atom. The van der Waals surface area contributed by atoms with Crippen molar-refractivity contribution < 1.29 is 54.1 Å². The quantitative estimate of drug-likeness (QED) is 0.166. The van der Waals surface area contributed by atoms with Gasteiger partial charge in [0.25, 0.3) is 5.91 Å². The summed E-state index contributed by atoms with van der Waals surface area (Å²) in [5.41, 5.74) is 2.96. The van der Waals surface area contributed by atoms with Gasteiger partial charge in [-0.2, -0.15) is 0 Å². The third-order valence-electron chi connectivity index (χ3n) is 11.4. The lowest BCUT2D eigenvalue weighted by Crippen LogP contribution is -2.60. The van der Waals surface area contributed by atoms with Crippen molar-refractivity contribution in [3.05, 3.63) is 83.4 Å². The molecule has 3 aromatic carbocycles. The van der Waals surface area contributed by atoms with Crippen LogP contribution in [-0.2, 0) is 32.0 Å². The van der Waals surface area contributed by atoms with Crippen LogP contribution >= 0.6 is 0 Å². The second kappa shape index (κ2) is 15.9. The minimum atomic E-state index is -2.54. The number of nitrogens with one attached hydrogen (secondary N) is 1. The highest BCUT2D eigenvalue weighted by Crippen LogP contribution is 2.48. The first-order valence-corrected chi connectivity index (χ1v) is 21.0. The number of anilines is 1. The van der Waals surface area contributed by atoms with E-state index in [-0.39, 0.29) is 36.4 Å². The molecule has 6 rings (SSSR count). The fourth-order valence-electron chi connectivity index (χ4n) is 8.11. The maximum Gasteiger partial charge on any atom is 0.256 e. The van der Waals surface area contributed by atoms with Crippen LogP contribution in [0.3, 0.4) is 0 Å². The van der Waals surface area contributed by atoms with Crippen LogP contribution in [0.1, 0.15) is 36.1 Å². The van der Waals surface area contributed by atoms with Gasteiger partial charge >= 0.3 is 0 Å². The van der Waals surface area contributed by atoms with Crippen LogP contribution < -0.4 is 20.0 Å². The number of amides is 2. The Morgan fingerprint density at radius 2 is 1.66 bits per heavy atom. The molecule has 3 aliphatic rings. The molecule has 0 saturated carbocycles. The zero-order chi connectivity index (χ0) is 38.2. The molecule has 0 spiro atoms. The molecule has 13 nitrogen and oxygen atoms in total. The number of benzene rings is 3. The van der Waals surface area contributed by atoms with Gasteiger partial charge in [0.2, 0.25) is 5.91 Å². The van der Waals surface area contributed by atoms with E-state index in [1.54, 1.807) is 32.4 Å². The lowest BCUT2D eigenvalue weighted by molar-refractivity contribution is -0.274. The van der Waals surface area contributed by atoms with E-state index >= 15 is 0 Å². The van der Waals surface area contributed by atoms with Crippen LogP contribution in [0.5, 0.6) is 11.5 Å². The third-order valence-corrected chi connectivity index (χ3v) is 15.6. The molecule has 14 heteroatoms. The van der Waals surface area contributed by atoms with Crippen molar-refractivity contribution in [3.8, 4) is 11.5 Å². The Bertz CT molecular complexity index is 1770. The number of hydrogen-bond donors (Lipinski definition) is 6. The maximum atomic E-state index is 14.5. The molecule has 0 aliphatic carbocycles. The van der Waals surface area contributed by atoms with E-state index < -0.39 is 56.9 Å². The van der Waals surface area contributed by atoms with Gasteiger partial charge in [-0.1, -0.05) is 61.6 Å². The molecule has 1 unspecified atom stereocenters. The Labute approximate surface area is 310 Å². The van der Waals surface area contributed by atoms with Gasteiger partial charge in [-0.05, 0) is 47.9 Å². The van der Waals surface area contributed by atoms with Crippen molar-refractivity contribution in [1.29, 1.82) is 0 Å². The van der Waals surface area contributed by atoms with Gasteiger partial charge in [0.05, 0.1) is 33.9 Å². The molecular formula is C39H50N2O11Si. The minimum Gasteiger partial charge on any atom is -0.497 e. The van der Waals surface area contributed by atoms with Crippen molar-refractivity contribution in [2.24, 2.45) is 5.92 Å². The molecule has 3 aromatic rings. The standard InChI is InChI=1S/C39H50N2O11Si/c1-21-35(50-3)28-17-24(40-38(47)37-33(45)32(44)34(46)39(48)52-37)10-15-29(28)51-36(21)30(53(4,5)27-13-11-26(49-2)12-14-27)18-31(43)41-19-23-9-7-6-8-22(23)16-25(41)20-42/h6-15,17,21,25,30,32-37,39,42,44-46,48H,16,18-20H2,1-5H3,(H,40,47)/t21-,25+,30?,32+,33+,34-,35-,36-,37+,39-/m1/s1. The fourth-order valence-corrected chi connectivity index (χ4v) is 11.4. The Hall–Kier alpha value is -3.86. The number of nitrogens with zero attached hydrogens (tertiary/aromatic N) is 1. The van der Waals surface area contributed by atoms with Crippen molar-refractivity contribution in [3.63, 3.8) is 0 Å². The van der Waals surface area contributed by atoms with Crippen LogP contribution in [0, 0.1) is 5.92 Å². The second-order valence-electron chi connectivity index (χ2n) is 14.9. The van der Waals surface area contributed by atoms with E-state index in [9.17, 15) is 35.1 Å². The molecule has 10 atom stereocenters. The number of fused-ring (bicyclic) bond motifs is 2. The Balaban J connectivity index is 1.30. The summed E-state index contributed by atoms with van der Waals surface area (Å²) in [5.74, 6) is 0.120. The summed E-state index contributed by atoms with van der Waals surface area (Å²) in [6, 6.07) is 20.7. The van der Waals surface area contributed by atoms with Crippen LogP contribution in [0.4, 0.5) is 5.69 Å². The molecule has 2 amide bonds. The first kappa shape index (κ1) is 38.8. The smallest absolute Gasteiger partial charge is 0.256 e. The lowest BCUT2D eigenvalue weighted by atomic mass is 9.86. The van der Waals surface area contributed by atoms with E-state index in [1.807, 2.05) is 48.2 Å². The number of ether oxygens (including phenoxy) is 4. The van der Waals surface area contributed by atoms with Crippen molar-refractivity contribution in [1.82, 2.24) is 4.90 Å². The van der Waals surface area contributed by atoms with Crippen LogP contribution in [0.2, 0.25) is 18.6 Å². The number of aliphatic hydroxyl groups is 5. The SMILES string of the molecule is COc1ccc([Si](C)(C)C(CC(=O)N2Cc3ccccc3C[C@H]2CO)[C@@H]2Oc3ccc(NC(=O)[C@H]4O[C@@H](O)[C@H](O)[C@@H](O)[C@@H]4O)cc3[C@H](OC)[C@H]2C)cc1. The summed E-state index contributed by atoms with van der Waals surface area (Å²) in [7, 11) is 0.680. The zero-order valence-corrected chi connectivity index (χ0v) is 31.6. The molecule has 1 fully saturated rings. The molecule has 3 heterocycles. The maximum absolute atomic E-state index is 14.5. The first-order chi connectivity index (χ1) is 25.3. The summed E-state index contributed by atoms with van der Waals surface area (Å²) in [4.78, 5) is 29.4. The third kappa shape index (κ3) is 7.60. The Morgan fingerprint density at radius 3 is 2.32 bits per heavy atom. The van der Waals surface area contributed by atoms with Crippen molar-refractivity contribution in [2.45, 2.75) is 93.9 Å². The van der Waals surface area contributed by atoms with Gasteiger partial charge in [-0.3, -0.25) is 9.59 Å². The molecule has 3 aliphatic heterocycles. The van der Waals surface area contributed by atoms with Crippen LogP contribution in [-0.4, -0.2) is 114 Å². The highest BCUT2D eigenvalue weighted by Gasteiger charge is 2.49. The van der Waals surface area contributed by atoms with Crippen molar-refractivity contribution in [2.75, 3.05) is 26.1 Å². The molecule has 6 N–H and O–H groups in total. The number of methoxy groups -OCH3 is 2. The summed E-state index contributed by atoms with van der Waals surface area (Å²) >= 11 is 0. The van der Waals surface area contributed by atoms with Gasteiger partial charge in [0, 0.05) is 42.8 Å². The van der Waals surface area contributed by atoms with E-state index in [4.69, 9.17) is 18.9 Å². The number of carbonyl (C=O) groups is 2. The van der Waals surface area contributed by atoms with Crippen LogP contribution in [0.15, 0.2) is 66.7 Å². The average molecular weight is 751 g/mol.